The number of fused-ring (bicyclic) bond motifs is 1. The van der Waals surface area contributed by atoms with E-state index >= 15 is 0 Å². The molecule has 5 heteroatoms. The van der Waals surface area contributed by atoms with E-state index in [1.807, 2.05) is 5.38 Å². The van der Waals surface area contributed by atoms with E-state index in [-0.39, 0.29) is 11.9 Å². The summed E-state index contributed by atoms with van der Waals surface area (Å²) in [6, 6.07) is 0.521. The van der Waals surface area contributed by atoms with Gasteiger partial charge in [-0.2, -0.15) is 0 Å². The van der Waals surface area contributed by atoms with Gasteiger partial charge in [0, 0.05) is 17.6 Å². The van der Waals surface area contributed by atoms with Crippen LogP contribution in [0.1, 0.15) is 38.5 Å². The highest BCUT2D eigenvalue weighted by Crippen LogP contribution is 2.32. The highest BCUT2D eigenvalue weighted by molar-refractivity contribution is 7.13. The third-order valence-electron chi connectivity index (χ3n) is 4.13. The van der Waals surface area contributed by atoms with Crippen LogP contribution in [0.2, 0.25) is 0 Å². The predicted octanol–water partition coefficient (Wildman–Crippen LogP) is 2.39. The number of aromatic nitrogens is 1. The number of hydrogen-bond donors (Lipinski definition) is 2. The summed E-state index contributed by atoms with van der Waals surface area (Å²) in [5, 5.41) is 9.00. The van der Waals surface area contributed by atoms with Crippen molar-refractivity contribution in [2.45, 2.75) is 50.6 Å². The van der Waals surface area contributed by atoms with E-state index in [1.165, 1.54) is 43.4 Å². The molecule has 18 heavy (non-hydrogen) atoms. The summed E-state index contributed by atoms with van der Waals surface area (Å²) in [6.07, 6.45) is 9.08. The van der Waals surface area contributed by atoms with Gasteiger partial charge in [-0.3, -0.25) is 4.79 Å². The molecule has 2 aliphatic rings. The Bertz CT molecular complexity index is 406. The minimum Gasteiger partial charge on any atom is -0.303 e. The molecule has 0 radical (unpaired) electrons. The summed E-state index contributed by atoms with van der Waals surface area (Å²) in [5.41, 5.74) is 0. The number of thiazole rings is 1. The van der Waals surface area contributed by atoms with E-state index in [9.17, 15) is 4.79 Å². The molecule has 4 nitrogen and oxygen atoms in total. The Balaban J connectivity index is 1.58. The van der Waals surface area contributed by atoms with Crippen LogP contribution in [0.5, 0.6) is 0 Å². The molecule has 1 aliphatic heterocycles. The Hall–Kier alpha value is -0.940. The van der Waals surface area contributed by atoms with Crippen molar-refractivity contribution in [2.24, 2.45) is 5.92 Å². The summed E-state index contributed by atoms with van der Waals surface area (Å²) in [5.74, 6) is 0.872. The van der Waals surface area contributed by atoms with Gasteiger partial charge in [-0.1, -0.05) is 12.8 Å². The van der Waals surface area contributed by atoms with Gasteiger partial charge in [-0.25, -0.2) is 4.98 Å². The maximum atomic E-state index is 12.1. The molecule has 2 heterocycles. The molecule has 1 aromatic heterocycles. The van der Waals surface area contributed by atoms with E-state index in [4.69, 9.17) is 0 Å². The molecule has 2 N–H and O–H groups in total. The first-order chi connectivity index (χ1) is 8.83. The molecule has 1 saturated carbocycles. The molecule has 0 aromatic carbocycles. The van der Waals surface area contributed by atoms with Crippen molar-refractivity contribution in [3.63, 3.8) is 0 Å². The van der Waals surface area contributed by atoms with Crippen LogP contribution in [0.15, 0.2) is 11.6 Å². The van der Waals surface area contributed by atoms with Gasteiger partial charge in [0.15, 0.2) is 5.13 Å². The summed E-state index contributed by atoms with van der Waals surface area (Å²) in [6.45, 7) is 0. The van der Waals surface area contributed by atoms with Crippen LogP contribution in [-0.4, -0.2) is 23.0 Å². The van der Waals surface area contributed by atoms with E-state index < -0.39 is 0 Å². The Kier molecular flexibility index (Phi) is 3.61. The van der Waals surface area contributed by atoms with Gasteiger partial charge < -0.3 is 10.6 Å². The average molecular weight is 265 g/mol. The molecule has 1 aromatic rings. The standard InChI is InChI=1S/C13H19N3OS/c17-12(16-13-14-7-8-18-13)11-6-5-9-3-1-2-4-10(9)15-11/h7-11,15H,1-6H2,(H,14,16,17). The van der Waals surface area contributed by atoms with Crippen molar-refractivity contribution in [3.8, 4) is 0 Å². The second kappa shape index (κ2) is 5.36. The topological polar surface area (TPSA) is 54.0 Å². The van der Waals surface area contributed by atoms with Gasteiger partial charge in [-0.15, -0.1) is 11.3 Å². The van der Waals surface area contributed by atoms with Crippen LogP contribution < -0.4 is 10.6 Å². The van der Waals surface area contributed by atoms with Crippen LogP contribution in [-0.2, 0) is 4.79 Å². The molecular formula is C13H19N3OS. The van der Waals surface area contributed by atoms with E-state index in [0.29, 0.717) is 11.2 Å². The summed E-state index contributed by atoms with van der Waals surface area (Å²) in [7, 11) is 0. The number of piperidine rings is 1. The lowest BCUT2D eigenvalue weighted by molar-refractivity contribution is -0.119. The van der Waals surface area contributed by atoms with Crippen molar-refractivity contribution in [1.29, 1.82) is 0 Å². The van der Waals surface area contributed by atoms with Crippen LogP contribution in [0.3, 0.4) is 0 Å². The van der Waals surface area contributed by atoms with Crippen LogP contribution in [0, 0.1) is 5.92 Å². The summed E-state index contributed by atoms with van der Waals surface area (Å²) >= 11 is 1.47. The predicted molar refractivity (Wildman–Crippen MR) is 72.6 cm³/mol. The second-order valence-electron chi connectivity index (χ2n) is 5.27. The molecule has 3 unspecified atom stereocenters. The SMILES string of the molecule is O=C(Nc1nccs1)C1CCC2CCCCC2N1. The molecule has 3 rings (SSSR count). The van der Waals surface area contributed by atoms with Crippen molar-refractivity contribution < 1.29 is 4.79 Å². The molecule has 0 spiro atoms. The summed E-state index contributed by atoms with van der Waals surface area (Å²) < 4.78 is 0. The first kappa shape index (κ1) is 12.1. The molecule has 3 atom stereocenters. The lowest BCUT2D eigenvalue weighted by Gasteiger charge is -2.39. The van der Waals surface area contributed by atoms with Crippen molar-refractivity contribution in [1.82, 2.24) is 10.3 Å². The number of amides is 1. The maximum Gasteiger partial charge on any atom is 0.243 e. The zero-order valence-electron chi connectivity index (χ0n) is 10.4. The Labute approximate surface area is 111 Å². The number of nitrogens with zero attached hydrogens (tertiary/aromatic N) is 1. The zero-order valence-corrected chi connectivity index (χ0v) is 11.2. The third kappa shape index (κ3) is 2.57. The van der Waals surface area contributed by atoms with Gasteiger partial charge in [0.05, 0.1) is 6.04 Å². The van der Waals surface area contributed by atoms with E-state index in [0.717, 1.165) is 12.3 Å². The first-order valence-electron chi connectivity index (χ1n) is 6.79. The van der Waals surface area contributed by atoms with E-state index in [1.54, 1.807) is 6.20 Å². The number of rotatable bonds is 2. The van der Waals surface area contributed by atoms with Gasteiger partial charge in [0.1, 0.15) is 0 Å². The maximum absolute atomic E-state index is 12.1. The van der Waals surface area contributed by atoms with Crippen LogP contribution in [0.25, 0.3) is 0 Å². The van der Waals surface area contributed by atoms with Gasteiger partial charge in [0.2, 0.25) is 5.91 Å². The molecule has 1 aliphatic carbocycles. The minimum atomic E-state index is -0.0340. The second-order valence-corrected chi connectivity index (χ2v) is 6.17. The Morgan fingerprint density at radius 2 is 2.22 bits per heavy atom. The number of carbonyl (C=O) groups excluding carboxylic acids is 1. The number of nitrogens with one attached hydrogen (secondary N) is 2. The normalized spacial score (nSPS) is 31.7. The van der Waals surface area contributed by atoms with Crippen LogP contribution >= 0.6 is 11.3 Å². The Morgan fingerprint density at radius 3 is 3.06 bits per heavy atom. The quantitative estimate of drug-likeness (QED) is 0.863. The third-order valence-corrected chi connectivity index (χ3v) is 4.82. The van der Waals surface area contributed by atoms with Crippen molar-refractivity contribution in [3.05, 3.63) is 11.6 Å². The zero-order chi connectivity index (χ0) is 12.4. The van der Waals surface area contributed by atoms with Crippen LogP contribution in [0.4, 0.5) is 5.13 Å². The van der Waals surface area contributed by atoms with Crippen molar-refractivity contribution >= 4 is 22.4 Å². The number of hydrogen-bond acceptors (Lipinski definition) is 4. The molecule has 98 valence electrons. The lowest BCUT2D eigenvalue weighted by Crippen LogP contribution is -2.53. The average Bonchev–Trinajstić information content (AvgIpc) is 2.91. The largest absolute Gasteiger partial charge is 0.303 e. The molecular weight excluding hydrogens is 246 g/mol. The molecule has 1 saturated heterocycles. The monoisotopic (exact) mass is 265 g/mol. The fourth-order valence-electron chi connectivity index (χ4n) is 3.18. The highest BCUT2D eigenvalue weighted by atomic mass is 32.1. The minimum absolute atomic E-state index is 0.0340. The summed E-state index contributed by atoms with van der Waals surface area (Å²) in [4.78, 5) is 16.2. The smallest absolute Gasteiger partial charge is 0.243 e. The molecule has 1 amide bonds. The lowest BCUT2D eigenvalue weighted by atomic mass is 9.77. The highest BCUT2D eigenvalue weighted by Gasteiger charge is 2.34. The fourth-order valence-corrected chi connectivity index (χ4v) is 3.71. The van der Waals surface area contributed by atoms with Crippen molar-refractivity contribution in [2.75, 3.05) is 5.32 Å². The molecule has 0 bridgehead atoms. The molecule has 2 fully saturated rings. The Morgan fingerprint density at radius 1 is 1.33 bits per heavy atom. The van der Waals surface area contributed by atoms with Gasteiger partial charge in [0.25, 0.3) is 0 Å². The fraction of sp³-hybridized carbons (Fsp3) is 0.692. The first-order valence-corrected chi connectivity index (χ1v) is 7.67. The van der Waals surface area contributed by atoms with E-state index in [2.05, 4.69) is 15.6 Å². The van der Waals surface area contributed by atoms with Gasteiger partial charge >= 0.3 is 0 Å². The van der Waals surface area contributed by atoms with Gasteiger partial charge in [-0.05, 0) is 31.6 Å². The number of carbonyl (C=O) groups is 1. The number of anilines is 1.